The van der Waals surface area contributed by atoms with Gasteiger partial charge in [-0.05, 0) is 98.0 Å². The predicted octanol–water partition coefficient (Wildman–Crippen LogP) is 9.65. The second kappa shape index (κ2) is 18.8. The van der Waals surface area contributed by atoms with Gasteiger partial charge in [0, 0.05) is 65.9 Å². The van der Waals surface area contributed by atoms with Crippen LogP contribution in [-0.4, -0.2) is 35.7 Å². The Labute approximate surface area is 347 Å². The summed E-state index contributed by atoms with van der Waals surface area (Å²) in [5.41, 5.74) is 7.09. The zero-order valence-corrected chi connectivity index (χ0v) is 34.5. The van der Waals surface area contributed by atoms with Gasteiger partial charge in [-0.25, -0.2) is 9.59 Å². The van der Waals surface area contributed by atoms with Crippen LogP contribution in [0.1, 0.15) is 57.7 Å². The number of hydrogen-bond acceptors (Lipinski definition) is 6. The number of aliphatic carboxylic acids is 1. The zero-order chi connectivity index (χ0) is 37.9. The first-order valence-corrected chi connectivity index (χ1v) is 23.5. The molecule has 1 aliphatic rings. The van der Waals surface area contributed by atoms with Gasteiger partial charge in [0.25, 0.3) is 0 Å². The first-order chi connectivity index (χ1) is 26.3. The Kier molecular flexibility index (Phi) is 13.6. The Morgan fingerprint density at radius 2 is 1.19 bits per heavy atom. The van der Waals surface area contributed by atoms with Crippen LogP contribution in [-0.2, 0) is 19.9 Å². The molecular weight excluding hydrogens is 942 g/mol. The number of carboxylic acid groups (broad SMARTS) is 1. The SMILES string of the molecule is O=C(CC[C@H](NC(=O)OCC1c2cc(C#CSI)ccc2-c2ccc(C#CSI)cc21)C(=O)O)NC(c1ccccc1)(c1ccccc1)c1ccccc1. The van der Waals surface area contributed by atoms with Gasteiger partial charge in [0.15, 0.2) is 0 Å². The predicted molar refractivity (Wildman–Crippen MR) is 233 cm³/mol. The third kappa shape index (κ3) is 9.09. The molecule has 0 unspecified atom stereocenters. The lowest BCUT2D eigenvalue weighted by molar-refractivity contribution is -0.139. The maximum Gasteiger partial charge on any atom is 0.407 e. The van der Waals surface area contributed by atoms with E-state index in [1.54, 1.807) is 0 Å². The summed E-state index contributed by atoms with van der Waals surface area (Å²) in [6.45, 7) is -0.0394. The van der Waals surface area contributed by atoms with Crippen molar-refractivity contribution in [2.45, 2.75) is 30.3 Å². The molecule has 0 bridgehead atoms. The van der Waals surface area contributed by atoms with Crippen LogP contribution in [0.4, 0.5) is 4.79 Å². The molecule has 0 aromatic heterocycles. The maximum absolute atomic E-state index is 13.8. The van der Waals surface area contributed by atoms with Crippen molar-refractivity contribution >= 4 is 78.2 Å². The summed E-state index contributed by atoms with van der Waals surface area (Å²) in [4.78, 5) is 39.5. The summed E-state index contributed by atoms with van der Waals surface area (Å²) < 4.78 is 5.73. The number of carbonyl (C=O) groups is 3. The normalized spacial score (nSPS) is 12.1. The van der Waals surface area contributed by atoms with E-state index in [0.29, 0.717) is 0 Å². The van der Waals surface area contributed by atoms with E-state index in [2.05, 4.69) is 75.4 Å². The molecule has 11 heteroatoms. The summed E-state index contributed by atoms with van der Waals surface area (Å²) in [5.74, 6) is 4.31. The largest absolute Gasteiger partial charge is 0.480 e. The highest BCUT2D eigenvalue weighted by molar-refractivity contribution is 14.2. The van der Waals surface area contributed by atoms with Crippen LogP contribution in [0, 0.1) is 22.3 Å². The Balaban J connectivity index is 1.18. The Morgan fingerprint density at radius 3 is 1.61 bits per heavy atom. The third-order valence-electron chi connectivity index (χ3n) is 9.19. The first kappa shape index (κ1) is 39.3. The minimum absolute atomic E-state index is 0.0394. The number of alkyl carbamates (subject to hydrolysis) is 1. The van der Waals surface area contributed by atoms with Crippen LogP contribution in [0.3, 0.4) is 0 Å². The Morgan fingerprint density at radius 1 is 0.722 bits per heavy atom. The molecule has 0 spiro atoms. The summed E-state index contributed by atoms with van der Waals surface area (Å²) >= 11 is 4.25. The van der Waals surface area contributed by atoms with E-state index in [4.69, 9.17) is 4.74 Å². The van der Waals surface area contributed by atoms with Crippen LogP contribution in [0.15, 0.2) is 127 Å². The van der Waals surface area contributed by atoms with Gasteiger partial charge in [0.1, 0.15) is 18.2 Å². The highest BCUT2D eigenvalue weighted by Crippen LogP contribution is 2.46. The Bertz CT molecular complexity index is 2100. The third-order valence-corrected chi connectivity index (χ3v) is 10.9. The molecule has 0 saturated heterocycles. The summed E-state index contributed by atoms with van der Waals surface area (Å²) in [7, 11) is 2.79. The minimum atomic E-state index is -1.37. The summed E-state index contributed by atoms with van der Waals surface area (Å²) in [5, 5.41) is 21.9. The van der Waals surface area contributed by atoms with Crippen molar-refractivity contribution in [1.82, 2.24) is 10.6 Å². The van der Waals surface area contributed by atoms with Crippen molar-refractivity contribution in [2.24, 2.45) is 0 Å². The molecular formula is C43H32I2N2O5S2. The molecule has 54 heavy (non-hydrogen) atoms. The molecule has 1 aliphatic carbocycles. The molecule has 0 aliphatic heterocycles. The average Bonchev–Trinajstić information content (AvgIpc) is 3.51. The number of rotatable bonds is 11. The number of fused-ring (bicyclic) bond motifs is 3. The molecule has 3 N–H and O–H groups in total. The number of hydrogen-bond donors (Lipinski definition) is 3. The van der Waals surface area contributed by atoms with E-state index in [9.17, 15) is 19.5 Å². The van der Waals surface area contributed by atoms with Gasteiger partial charge in [-0.1, -0.05) is 115 Å². The van der Waals surface area contributed by atoms with Crippen LogP contribution in [0.2, 0.25) is 0 Å². The summed E-state index contributed by atoms with van der Waals surface area (Å²) in [6.07, 6.45) is -1.22. The van der Waals surface area contributed by atoms with Crippen LogP contribution >= 0.6 is 60.3 Å². The molecule has 1 atom stereocenters. The minimum Gasteiger partial charge on any atom is -0.480 e. The fraction of sp³-hybridized carbons (Fsp3) is 0.140. The highest BCUT2D eigenvalue weighted by atomic mass is 127. The maximum atomic E-state index is 13.8. The lowest BCUT2D eigenvalue weighted by Crippen LogP contribution is -2.48. The molecule has 0 radical (unpaired) electrons. The topological polar surface area (TPSA) is 105 Å². The standard InChI is InChI=1S/C43H32I2N2O5S2/c44-53-24-22-29-16-18-34-35-19-17-30(23-25-54-45)27-37(35)38(36(34)26-29)28-52-42(51)46-39(41(49)50)20-21-40(48)47-43(31-10-4-1-5-11-31,32-12-6-2-7-13-32)33-14-8-3-9-15-33/h1-19,26-27,38-39H,20-21,28H2,(H,46,51)(H,47,48)(H,49,50)/t39-/m0/s1. The molecule has 270 valence electrons. The number of amides is 2. The fourth-order valence-corrected chi connectivity index (χ4v) is 7.75. The van der Waals surface area contributed by atoms with Crippen LogP contribution < -0.4 is 10.6 Å². The van der Waals surface area contributed by atoms with Gasteiger partial charge in [0.05, 0.1) is 0 Å². The second-order valence-electron chi connectivity index (χ2n) is 12.3. The van der Waals surface area contributed by atoms with E-state index < -0.39 is 23.6 Å². The Hall–Kier alpha value is -4.41. The number of carbonyl (C=O) groups excluding carboxylic acids is 2. The van der Waals surface area contributed by atoms with Gasteiger partial charge in [-0.3, -0.25) is 4.79 Å². The highest BCUT2D eigenvalue weighted by Gasteiger charge is 2.38. The molecule has 0 fully saturated rings. The molecule has 0 heterocycles. The van der Waals surface area contributed by atoms with E-state index in [1.807, 2.05) is 127 Å². The zero-order valence-electron chi connectivity index (χ0n) is 28.6. The lowest BCUT2D eigenvalue weighted by atomic mass is 9.77. The smallest absolute Gasteiger partial charge is 0.407 e. The van der Waals surface area contributed by atoms with E-state index in [1.165, 1.54) is 17.9 Å². The molecule has 7 nitrogen and oxygen atoms in total. The van der Waals surface area contributed by atoms with Crippen molar-refractivity contribution < 1.29 is 24.2 Å². The second-order valence-corrected chi connectivity index (χ2v) is 15.7. The molecule has 0 saturated carbocycles. The van der Waals surface area contributed by atoms with Crippen molar-refractivity contribution in [2.75, 3.05) is 6.61 Å². The first-order valence-electron chi connectivity index (χ1n) is 16.8. The lowest BCUT2D eigenvalue weighted by Gasteiger charge is -2.37. The summed E-state index contributed by atoms with van der Waals surface area (Å²) in [6, 6.07) is 39.6. The number of nitrogens with one attached hydrogen (secondary N) is 2. The monoisotopic (exact) mass is 974 g/mol. The molecule has 5 aromatic rings. The van der Waals surface area contributed by atoms with E-state index in [0.717, 1.165) is 50.1 Å². The van der Waals surface area contributed by atoms with Crippen molar-refractivity contribution in [3.05, 3.63) is 166 Å². The van der Waals surface area contributed by atoms with Gasteiger partial charge in [-0.2, -0.15) is 0 Å². The number of halogens is 2. The average molecular weight is 975 g/mol. The van der Waals surface area contributed by atoms with Gasteiger partial charge in [0.2, 0.25) is 5.91 Å². The van der Waals surface area contributed by atoms with Crippen molar-refractivity contribution in [3.63, 3.8) is 0 Å². The fourth-order valence-electron chi connectivity index (χ4n) is 6.78. The number of carboxylic acids is 1. The number of benzene rings is 5. The van der Waals surface area contributed by atoms with Gasteiger partial charge in [-0.15, -0.1) is 0 Å². The van der Waals surface area contributed by atoms with Gasteiger partial charge >= 0.3 is 12.1 Å². The van der Waals surface area contributed by atoms with E-state index in [-0.39, 0.29) is 31.3 Å². The quantitative estimate of drug-likeness (QED) is 0.0689. The number of ether oxygens (including phenoxy) is 1. The van der Waals surface area contributed by atoms with Gasteiger partial charge < -0.3 is 20.5 Å². The molecule has 5 aromatic carbocycles. The van der Waals surface area contributed by atoms with Crippen molar-refractivity contribution in [1.29, 1.82) is 0 Å². The molecule has 6 rings (SSSR count). The van der Waals surface area contributed by atoms with E-state index >= 15 is 0 Å². The molecule has 2 amide bonds. The van der Waals surface area contributed by atoms with Crippen LogP contribution in [0.5, 0.6) is 0 Å². The van der Waals surface area contributed by atoms with Crippen LogP contribution in [0.25, 0.3) is 11.1 Å². The van der Waals surface area contributed by atoms with Crippen molar-refractivity contribution in [3.8, 4) is 33.5 Å².